The topological polar surface area (TPSA) is 22.0 Å². The van der Waals surface area contributed by atoms with Crippen molar-refractivity contribution in [1.82, 2.24) is 4.57 Å². The molecule has 0 amide bonds. The Morgan fingerprint density at radius 3 is 2.62 bits per heavy atom. The Hall–Kier alpha value is -2.06. The highest BCUT2D eigenvalue weighted by molar-refractivity contribution is 6.31. The third-order valence-electron chi connectivity index (χ3n) is 3.84. The van der Waals surface area contributed by atoms with E-state index in [1.54, 1.807) is 12.1 Å². The quantitative estimate of drug-likeness (QED) is 0.633. The molecule has 0 radical (unpaired) electrons. The molecule has 0 saturated carbocycles. The lowest BCUT2D eigenvalue weighted by Gasteiger charge is -2.08. The van der Waals surface area contributed by atoms with Crippen LogP contribution in [0.3, 0.4) is 0 Å². The molecule has 0 N–H and O–H groups in total. The van der Waals surface area contributed by atoms with Gasteiger partial charge < -0.3 is 4.57 Å². The van der Waals surface area contributed by atoms with Gasteiger partial charge in [-0.3, -0.25) is 4.79 Å². The molecule has 0 bridgehead atoms. The van der Waals surface area contributed by atoms with Crippen LogP contribution in [0.15, 0.2) is 48.5 Å². The fraction of sp³-hybridized carbons (Fsp3) is 0.167. The first-order chi connectivity index (χ1) is 10.1. The van der Waals surface area contributed by atoms with E-state index in [1.165, 1.54) is 0 Å². The van der Waals surface area contributed by atoms with Gasteiger partial charge in [-0.25, -0.2) is 0 Å². The number of aromatic nitrogens is 1. The number of aryl methyl sites for hydroxylation is 2. The molecule has 1 aromatic heterocycles. The van der Waals surface area contributed by atoms with Gasteiger partial charge in [-0.05, 0) is 37.6 Å². The summed E-state index contributed by atoms with van der Waals surface area (Å²) in [5.41, 5.74) is 3.50. The van der Waals surface area contributed by atoms with Crippen molar-refractivity contribution in [3.05, 3.63) is 70.4 Å². The molecule has 0 atom stereocenters. The van der Waals surface area contributed by atoms with Crippen LogP contribution >= 0.6 is 11.6 Å². The van der Waals surface area contributed by atoms with Gasteiger partial charge in [0.05, 0.1) is 5.69 Å². The first-order valence-corrected chi connectivity index (χ1v) is 7.39. The van der Waals surface area contributed by atoms with Crippen molar-refractivity contribution < 1.29 is 4.79 Å². The van der Waals surface area contributed by atoms with E-state index in [1.807, 2.05) is 31.2 Å². The molecule has 106 valence electrons. The summed E-state index contributed by atoms with van der Waals surface area (Å²) in [6, 6.07) is 15.2. The van der Waals surface area contributed by atoms with E-state index in [9.17, 15) is 4.79 Å². The maximum atomic E-state index is 12.9. The van der Waals surface area contributed by atoms with Crippen LogP contribution in [-0.2, 0) is 6.54 Å². The van der Waals surface area contributed by atoms with Gasteiger partial charge in [0.15, 0.2) is 0 Å². The Morgan fingerprint density at radius 1 is 1.14 bits per heavy atom. The summed E-state index contributed by atoms with van der Waals surface area (Å²) < 4.78 is 2.08. The predicted octanol–water partition coefficient (Wildman–Crippen LogP) is 4.85. The molecule has 21 heavy (non-hydrogen) atoms. The second-order valence-electron chi connectivity index (χ2n) is 5.07. The lowest BCUT2D eigenvalue weighted by atomic mass is 10.0. The molecule has 3 rings (SSSR count). The van der Waals surface area contributed by atoms with Crippen molar-refractivity contribution in [1.29, 1.82) is 0 Å². The summed E-state index contributed by atoms with van der Waals surface area (Å²) in [7, 11) is 0. The number of hydrogen-bond acceptors (Lipinski definition) is 1. The van der Waals surface area contributed by atoms with Crippen molar-refractivity contribution in [3.63, 3.8) is 0 Å². The number of halogens is 1. The molecular weight excluding hydrogens is 282 g/mol. The normalized spacial score (nSPS) is 11.0. The third-order valence-corrected chi connectivity index (χ3v) is 4.08. The van der Waals surface area contributed by atoms with Crippen LogP contribution in [0.25, 0.3) is 10.9 Å². The minimum Gasteiger partial charge on any atom is -0.338 e. The van der Waals surface area contributed by atoms with Gasteiger partial charge in [0.1, 0.15) is 0 Å². The van der Waals surface area contributed by atoms with Gasteiger partial charge in [0.25, 0.3) is 0 Å². The molecule has 0 aliphatic carbocycles. The Balaban J connectivity index is 2.25. The number of nitrogens with zero attached hydrogens (tertiary/aromatic N) is 1. The average molecular weight is 298 g/mol. The van der Waals surface area contributed by atoms with Gasteiger partial charge >= 0.3 is 0 Å². The molecular formula is C18H16ClNO. The van der Waals surface area contributed by atoms with Crippen LogP contribution in [0.1, 0.15) is 28.5 Å². The average Bonchev–Trinajstić information content (AvgIpc) is 2.79. The molecule has 0 saturated heterocycles. The molecule has 0 unspecified atom stereocenters. The zero-order valence-electron chi connectivity index (χ0n) is 12.1. The van der Waals surface area contributed by atoms with Crippen LogP contribution in [0.2, 0.25) is 5.02 Å². The van der Waals surface area contributed by atoms with E-state index < -0.39 is 0 Å². The second-order valence-corrected chi connectivity index (χ2v) is 5.51. The minimum absolute atomic E-state index is 0.0213. The van der Waals surface area contributed by atoms with E-state index in [0.717, 1.165) is 28.7 Å². The Kier molecular flexibility index (Phi) is 3.56. The van der Waals surface area contributed by atoms with E-state index in [4.69, 9.17) is 11.6 Å². The zero-order chi connectivity index (χ0) is 15.0. The first-order valence-electron chi connectivity index (χ1n) is 7.01. The molecule has 3 heteroatoms. The van der Waals surface area contributed by atoms with Gasteiger partial charge in [-0.2, -0.15) is 0 Å². The molecule has 0 aliphatic rings. The second kappa shape index (κ2) is 5.38. The van der Waals surface area contributed by atoms with Crippen molar-refractivity contribution in [2.45, 2.75) is 20.4 Å². The highest BCUT2D eigenvalue weighted by Crippen LogP contribution is 2.27. The molecule has 2 aromatic carbocycles. The van der Waals surface area contributed by atoms with Crippen molar-refractivity contribution in [2.24, 2.45) is 0 Å². The number of para-hydroxylation sites is 1. The monoisotopic (exact) mass is 297 g/mol. The zero-order valence-corrected chi connectivity index (χ0v) is 12.8. The van der Waals surface area contributed by atoms with E-state index in [-0.39, 0.29) is 5.78 Å². The summed E-state index contributed by atoms with van der Waals surface area (Å²) in [4.78, 5) is 12.9. The molecule has 0 spiro atoms. The van der Waals surface area contributed by atoms with Crippen molar-refractivity contribution in [3.8, 4) is 0 Å². The minimum atomic E-state index is 0.0213. The highest BCUT2D eigenvalue weighted by Gasteiger charge is 2.20. The Labute approximate surface area is 129 Å². The van der Waals surface area contributed by atoms with Crippen LogP contribution in [0.4, 0.5) is 0 Å². The molecule has 1 heterocycles. The smallest absolute Gasteiger partial charge is 0.209 e. The fourth-order valence-electron chi connectivity index (χ4n) is 2.86. The van der Waals surface area contributed by atoms with Crippen molar-refractivity contribution in [2.75, 3.05) is 0 Å². The largest absolute Gasteiger partial charge is 0.338 e. The summed E-state index contributed by atoms with van der Waals surface area (Å²) in [6.45, 7) is 4.82. The lowest BCUT2D eigenvalue weighted by molar-refractivity contribution is 0.103. The number of rotatable bonds is 3. The maximum absolute atomic E-state index is 12.9. The highest BCUT2D eigenvalue weighted by atomic mass is 35.5. The number of carbonyl (C=O) groups is 1. The van der Waals surface area contributed by atoms with Crippen LogP contribution < -0.4 is 0 Å². The molecule has 0 aliphatic heterocycles. The van der Waals surface area contributed by atoms with Crippen LogP contribution in [-0.4, -0.2) is 10.4 Å². The van der Waals surface area contributed by atoms with Gasteiger partial charge in [0.2, 0.25) is 5.78 Å². The summed E-state index contributed by atoms with van der Waals surface area (Å²) >= 11 is 6.01. The molecule has 0 fully saturated rings. The Bertz CT molecular complexity index is 832. The summed E-state index contributed by atoms with van der Waals surface area (Å²) in [6.07, 6.45) is 0. The third kappa shape index (κ3) is 2.26. The number of hydrogen-bond donors (Lipinski definition) is 0. The number of fused-ring (bicyclic) bond motifs is 1. The van der Waals surface area contributed by atoms with Gasteiger partial charge in [-0.15, -0.1) is 0 Å². The summed E-state index contributed by atoms with van der Waals surface area (Å²) in [5, 5.41) is 1.71. The number of benzene rings is 2. The van der Waals surface area contributed by atoms with Gasteiger partial charge in [0, 0.05) is 28.0 Å². The molecule has 3 aromatic rings. The van der Waals surface area contributed by atoms with Crippen LogP contribution in [0.5, 0.6) is 0 Å². The van der Waals surface area contributed by atoms with E-state index in [2.05, 4.69) is 23.6 Å². The van der Waals surface area contributed by atoms with E-state index in [0.29, 0.717) is 10.6 Å². The SMILES string of the molecule is CCn1c(C(=O)c2cccc(Cl)c2)c(C)c2ccccc21. The summed E-state index contributed by atoms with van der Waals surface area (Å²) in [5.74, 6) is 0.0213. The molecule has 2 nitrogen and oxygen atoms in total. The number of carbonyl (C=O) groups excluding carboxylic acids is 1. The fourth-order valence-corrected chi connectivity index (χ4v) is 3.05. The number of ketones is 1. The maximum Gasteiger partial charge on any atom is 0.209 e. The standard InChI is InChI=1S/C18H16ClNO/c1-3-20-16-10-5-4-9-15(16)12(2)17(20)18(21)13-7-6-8-14(19)11-13/h4-11H,3H2,1-2H3. The lowest BCUT2D eigenvalue weighted by Crippen LogP contribution is -2.10. The predicted molar refractivity (Wildman–Crippen MR) is 87.2 cm³/mol. The van der Waals surface area contributed by atoms with Gasteiger partial charge in [-0.1, -0.05) is 41.9 Å². The van der Waals surface area contributed by atoms with Crippen LogP contribution in [0, 0.1) is 6.92 Å². The van der Waals surface area contributed by atoms with E-state index >= 15 is 0 Å². The first kappa shape index (κ1) is 13.9. The van der Waals surface area contributed by atoms with Crippen molar-refractivity contribution >= 4 is 28.3 Å². The Morgan fingerprint density at radius 2 is 1.90 bits per heavy atom.